The first kappa shape index (κ1) is 33.5. The zero-order valence-corrected chi connectivity index (χ0v) is 23.9. The predicted molar refractivity (Wildman–Crippen MR) is 155 cm³/mol. The van der Waals surface area contributed by atoms with E-state index >= 15 is 0 Å². The highest BCUT2D eigenvalue weighted by Crippen LogP contribution is 2.18. The summed E-state index contributed by atoms with van der Waals surface area (Å²) in [5, 5.41) is 0. The normalized spacial score (nSPS) is 22.5. The molecule has 4 rings (SSSR count). The number of nitrogens with two attached hydrogens (primary N) is 2. The number of ether oxygens (including phenoxy) is 2. The van der Waals surface area contributed by atoms with Gasteiger partial charge in [0.1, 0.15) is 13.2 Å². The molecule has 0 spiro atoms. The van der Waals surface area contributed by atoms with Crippen molar-refractivity contribution in [2.24, 2.45) is 11.5 Å². The van der Waals surface area contributed by atoms with E-state index in [1.54, 1.807) is 9.80 Å². The number of rotatable bonds is 4. The Morgan fingerprint density at radius 1 is 0.711 bits per heavy atom. The molecule has 2 aromatic rings. The van der Waals surface area contributed by atoms with Crippen molar-refractivity contribution in [3.05, 3.63) is 71.8 Å². The summed E-state index contributed by atoms with van der Waals surface area (Å²) in [6, 6.07) is 19.6. The minimum atomic E-state index is -0.262. The van der Waals surface area contributed by atoms with E-state index in [1.165, 1.54) is 0 Å². The van der Waals surface area contributed by atoms with Gasteiger partial charge in [-0.1, -0.05) is 60.7 Å². The van der Waals surface area contributed by atoms with Crippen molar-refractivity contribution in [3.8, 4) is 0 Å². The van der Waals surface area contributed by atoms with Gasteiger partial charge in [-0.3, -0.25) is 0 Å². The molecule has 2 amide bonds. The minimum absolute atomic E-state index is 0. The number of likely N-dealkylation sites (tertiary alicyclic amines) is 2. The second kappa shape index (κ2) is 17.1. The van der Waals surface area contributed by atoms with E-state index in [4.69, 9.17) is 20.9 Å². The average Bonchev–Trinajstić information content (AvgIpc) is 2.90. The summed E-state index contributed by atoms with van der Waals surface area (Å²) >= 11 is 0. The molecule has 2 heterocycles. The number of halogens is 2. The van der Waals surface area contributed by atoms with Crippen molar-refractivity contribution < 1.29 is 19.1 Å². The Kier molecular flexibility index (Phi) is 15.1. The van der Waals surface area contributed by atoms with E-state index in [1.807, 2.05) is 74.5 Å². The maximum absolute atomic E-state index is 12.0. The molecule has 212 valence electrons. The zero-order chi connectivity index (χ0) is 25.9. The standard InChI is InChI=1S/2C14H20N2O2.2ClH/c2*1-11-13(15)8-5-9-16(11)14(17)18-10-12-6-3-2-4-7-12;;/h2*2-4,6-7,11,13H,5,8-10,15H2,1H3;2*1H/t2*11-,13+;;/m10../s1. The van der Waals surface area contributed by atoms with Gasteiger partial charge in [0.15, 0.2) is 0 Å². The Morgan fingerprint density at radius 2 is 1.05 bits per heavy atom. The molecule has 0 bridgehead atoms. The topological polar surface area (TPSA) is 111 Å². The lowest BCUT2D eigenvalue weighted by molar-refractivity contribution is 0.0661. The van der Waals surface area contributed by atoms with Crippen LogP contribution in [0.25, 0.3) is 0 Å². The zero-order valence-electron chi connectivity index (χ0n) is 22.2. The van der Waals surface area contributed by atoms with Gasteiger partial charge in [0.25, 0.3) is 0 Å². The lowest BCUT2D eigenvalue weighted by Gasteiger charge is -2.36. The second-order valence-corrected chi connectivity index (χ2v) is 9.56. The first-order chi connectivity index (χ1) is 17.4. The van der Waals surface area contributed by atoms with Gasteiger partial charge < -0.3 is 30.7 Å². The van der Waals surface area contributed by atoms with Gasteiger partial charge in [0.2, 0.25) is 0 Å². The fraction of sp³-hybridized carbons (Fsp3) is 0.500. The molecule has 0 aliphatic carbocycles. The molecule has 38 heavy (non-hydrogen) atoms. The van der Waals surface area contributed by atoms with Crippen molar-refractivity contribution in [1.82, 2.24) is 9.80 Å². The number of hydrogen-bond donors (Lipinski definition) is 2. The molecule has 2 aliphatic rings. The van der Waals surface area contributed by atoms with Crippen LogP contribution in [0.1, 0.15) is 50.7 Å². The fourth-order valence-corrected chi connectivity index (χ4v) is 4.47. The smallest absolute Gasteiger partial charge is 0.410 e. The van der Waals surface area contributed by atoms with Crippen LogP contribution in [-0.4, -0.2) is 59.2 Å². The highest BCUT2D eigenvalue weighted by Gasteiger charge is 2.30. The summed E-state index contributed by atoms with van der Waals surface area (Å²) in [6.45, 7) is 6.07. The Morgan fingerprint density at radius 3 is 1.39 bits per heavy atom. The molecule has 0 saturated carbocycles. The van der Waals surface area contributed by atoms with Crippen LogP contribution in [-0.2, 0) is 22.7 Å². The highest BCUT2D eigenvalue weighted by molar-refractivity contribution is 5.85. The van der Waals surface area contributed by atoms with E-state index in [-0.39, 0.29) is 61.2 Å². The Labute approximate surface area is 238 Å². The molecule has 2 aliphatic heterocycles. The average molecular weight is 570 g/mol. The fourth-order valence-electron chi connectivity index (χ4n) is 4.47. The number of amides is 2. The van der Waals surface area contributed by atoms with Crippen LogP contribution in [0.2, 0.25) is 0 Å². The number of carbonyl (C=O) groups excluding carboxylic acids is 2. The third-order valence-electron chi connectivity index (χ3n) is 6.97. The van der Waals surface area contributed by atoms with Crippen LogP contribution in [0.15, 0.2) is 60.7 Å². The molecule has 0 unspecified atom stereocenters. The van der Waals surface area contributed by atoms with Gasteiger partial charge in [-0.2, -0.15) is 0 Å². The van der Waals surface area contributed by atoms with Gasteiger partial charge in [0, 0.05) is 37.3 Å². The number of carbonyl (C=O) groups is 2. The van der Waals surface area contributed by atoms with Crippen molar-refractivity contribution in [1.29, 1.82) is 0 Å². The number of hydrogen-bond acceptors (Lipinski definition) is 6. The summed E-state index contributed by atoms with van der Waals surface area (Å²) in [4.78, 5) is 27.4. The second-order valence-electron chi connectivity index (χ2n) is 9.56. The SMILES string of the molecule is C[C@@H]1[C@@H](N)CCCN1C(=O)OCc1ccccc1.C[C@H]1[C@H](N)CCCN1C(=O)OCc1ccccc1.Cl.Cl. The number of piperidine rings is 2. The maximum atomic E-state index is 12.0. The van der Waals surface area contributed by atoms with Crippen LogP contribution in [0, 0.1) is 0 Å². The summed E-state index contributed by atoms with van der Waals surface area (Å²) in [5.41, 5.74) is 13.9. The van der Waals surface area contributed by atoms with Crippen molar-refractivity contribution in [3.63, 3.8) is 0 Å². The molecule has 2 fully saturated rings. The van der Waals surface area contributed by atoms with Crippen LogP contribution in [0.3, 0.4) is 0 Å². The lowest BCUT2D eigenvalue weighted by Crippen LogP contribution is -2.52. The van der Waals surface area contributed by atoms with Gasteiger partial charge in [-0.15, -0.1) is 24.8 Å². The number of benzene rings is 2. The van der Waals surface area contributed by atoms with E-state index in [0.29, 0.717) is 13.2 Å². The van der Waals surface area contributed by atoms with Gasteiger partial charge >= 0.3 is 12.2 Å². The summed E-state index contributed by atoms with van der Waals surface area (Å²) in [7, 11) is 0. The molecule has 0 radical (unpaired) electrons. The van der Waals surface area contributed by atoms with Crippen LogP contribution in [0.4, 0.5) is 9.59 Å². The first-order valence-electron chi connectivity index (χ1n) is 12.8. The van der Waals surface area contributed by atoms with Gasteiger partial charge in [-0.05, 0) is 50.7 Å². The highest BCUT2D eigenvalue weighted by atomic mass is 35.5. The molecule has 4 atom stereocenters. The molecule has 4 N–H and O–H groups in total. The molecular formula is C28H42Cl2N4O4. The van der Waals surface area contributed by atoms with E-state index in [0.717, 1.165) is 49.9 Å². The maximum Gasteiger partial charge on any atom is 0.410 e. The Hall–Kier alpha value is -2.52. The van der Waals surface area contributed by atoms with Crippen molar-refractivity contribution >= 4 is 37.0 Å². The van der Waals surface area contributed by atoms with Crippen molar-refractivity contribution in [2.45, 2.75) is 76.9 Å². The van der Waals surface area contributed by atoms with Gasteiger partial charge in [0.05, 0.1) is 0 Å². The molecular weight excluding hydrogens is 527 g/mol. The van der Waals surface area contributed by atoms with Crippen LogP contribution < -0.4 is 11.5 Å². The van der Waals surface area contributed by atoms with Crippen LogP contribution in [0.5, 0.6) is 0 Å². The van der Waals surface area contributed by atoms with Gasteiger partial charge in [-0.25, -0.2) is 9.59 Å². The molecule has 2 saturated heterocycles. The lowest BCUT2D eigenvalue weighted by atomic mass is 9.99. The minimum Gasteiger partial charge on any atom is -0.445 e. The Bertz CT molecular complexity index is 877. The third kappa shape index (κ3) is 9.98. The predicted octanol–water partition coefficient (Wildman–Crippen LogP) is 5.11. The molecule has 10 heteroatoms. The molecule has 8 nitrogen and oxygen atoms in total. The molecule has 2 aromatic carbocycles. The quantitative estimate of drug-likeness (QED) is 0.529. The van der Waals surface area contributed by atoms with Crippen molar-refractivity contribution in [2.75, 3.05) is 13.1 Å². The first-order valence-corrected chi connectivity index (χ1v) is 12.8. The monoisotopic (exact) mass is 568 g/mol. The summed E-state index contributed by atoms with van der Waals surface area (Å²) in [6.07, 6.45) is 3.33. The largest absolute Gasteiger partial charge is 0.445 e. The number of nitrogens with zero attached hydrogens (tertiary/aromatic N) is 2. The van der Waals surface area contributed by atoms with Crippen LogP contribution >= 0.6 is 24.8 Å². The molecule has 0 aromatic heterocycles. The van der Waals surface area contributed by atoms with E-state index in [9.17, 15) is 9.59 Å². The Balaban J connectivity index is 0.000000361. The summed E-state index contributed by atoms with van der Waals surface area (Å²) in [5.74, 6) is 0. The van der Waals surface area contributed by atoms with E-state index in [2.05, 4.69) is 0 Å². The summed E-state index contributed by atoms with van der Waals surface area (Å²) < 4.78 is 10.6. The third-order valence-corrected chi connectivity index (χ3v) is 6.97. The van der Waals surface area contributed by atoms with E-state index < -0.39 is 0 Å².